The molecule has 2 heterocycles. The molecule has 0 radical (unpaired) electrons. The summed E-state index contributed by atoms with van der Waals surface area (Å²) >= 11 is 0. The number of amides is 2. The van der Waals surface area contributed by atoms with Crippen molar-refractivity contribution in [1.29, 1.82) is 0 Å². The van der Waals surface area contributed by atoms with Crippen LogP contribution in [0, 0.1) is 11.8 Å². The second-order valence-electron chi connectivity index (χ2n) is 7.31. The molecular formula is C16H28N2O4. The first-order chi connectivity index (χ1) is 10.3. The number of nitrogens with zero attached hydrogens (tertiary/aromatic N) is 1. The Labute approximate surface area is 132 Å². The molecule has 1 N–H and O–H groups in total. The Hall–Kier alpha value is -1.30. The number of piperidine rings is 1. The van der Waals surface area contributed by atoms with Gasteiger partial charge in [0.05, 0.1) is 13.2 Å². The molecule has 0 aromatic rings. The third kappa shape index (κ3) is 5.48. The van der Waals surface area contributed by atoms with Crippen LogP contribution < -0.4 is 5.32 Å². The third-order valence-corrected chi connectivity index (χ3v) is 4.07. The van der Waals surface area contributed by atoms with Gasteiger partial charge in [0.2, 0.25) is 5.91 Å². The second-order valence-corrected chi connectivity index (χ2v) is 7.31. The Kier molecular flexibility index (Phi) is 5.67. The molecule has 0 spiro atoms. The van der Waals surface area contributed by atoms with Crippen LogP contribution in [0.4, 0.5) is 4.79 Å². The first-order valence-corrected chi connectivity index (χ1v) is 8.16. The van der Waals surface area contributed by atoms with Crippen molar-refractivity contribution in [3.63, 3.8) is 0 Å². The van der Waals surface area contributed by atoms with E-state index >= 15 is 0 Å². The van der Waals surface area contributed by atoms with E-state index in [4.69, 9.17) is 9.47 Å². The summed E-state index contributed by atoms with van der Waals surface area (Å²) in [6.45, 7) is 9.19. The minimum Gasteiger partial charge on any atom is -0.444 e. The summed E-state index contributed by atoms with van der Waals surface area (Å²) in [5.41, 5.74) is -0.467. The zero-order valence-corrected chi connectivity index (χ0v) is 13.9. The second kappa shape index (κ2) is 7.31. The third-order valence-electron chi connectivity index (χ3n) is 4.07. The van der Waals surface area contributed by atoms with Gasteiger partial charge in [0.15, 0.2) is 0 Å². The highest BCUT2D eigenvalue weighted by atomic mass is 16.6. The number of carbonyl (C=O) groups is 2. The minimum atomic E-state index is -0.467. The number of hydrogen-bond donors (Lipinski definition) is 1. The average molecular weight is 312 g/mol. The predicted octanol–water partition coefficient (Wildman–Crippen LogP) is 1.79. The quantitative estimate of drug-likeness (QED) is 0.859. The zero-order chi connectivity index (χ0) is 16.2. The van der Waals surface area contributed by atoms with Gasteiger partial charge in [0, 0.05) is 32.0 Å². The van der Waals surface area contributed by atoms with Gasteiger partial charge in [-0.1, -0.05) is 0 Å². The molecule has 0 atom stereocenters. The van der Waals surface area contributed by atoms with Crippen molar-refractivity contribution in [3.8, 4) is 0 Å². The number of ether oxygens (including phenoxy) is 2. The lowest BCUT2D eigenvalue weighted by Gasteiger charge is -2.34. The number of carbonyl (C=O) groups excluding carboxylic acids is 2. The van der Waals surface area contributed by atoms with Gasteiger partial charge in [-0.25, -0.2) is 4.79 Å². The molecule has 0 aromatic heterocycles. The van der Waals surface area contributed by atoms with Crippen LogP contribution >= 0.6 is 0 Å². The van der Waals surface area contributed by atoms with E-state index in [1.807, 2.05) is 25.7 Å². The van der Waals surface area contributed by atoms with Crippen LogP contribution in [0.1, 0.15) is 40.0 Å². The summed E-state index contributed by atoms with van der Waals surface area (Å²) in [5, 5.41) is 2.82. The monoisotopic (exact) mass is 312 g/mol. The number of likely N-dealkylation sites (tertiary alicyclic amines) is 1. The molecule has 0 unspecified atom stereocenters. The van der Waals surface area contributed by atoms with E-state index in [0.29, 0.717) is 24.8 Å². The van der Waals surface area contributed by atoms with E-state index < -0.39 is 5.60 Å². The highest BCUT2D eigenvalue weighted by Gasteiger charge is 2.28. The van der Waals surface area contributed by atoms with Crippen molar-refractivity contribution in [3.05, 3.63) is 0 Å². The molecule has 22 heavy (non-hydrogen) atoms. The summed E-state index contributed by atoms with van der Waals surface area (Å²) in [4.78, 5) is 25.7. The van der Waals surface area contributed by atoms with Gasteiger partial charge in [0.1, 0.15) is 5.60 Å². The van der Waals surface area contributed by atoms with E-state index in [2.05, 4.69) is 5.32 Å². The first kappa shape index (κ1) is 17.1. The topological polar surface area (TPSA) is 67.9 Å². The molecular weight excluding hydrogens is 284 g/mol. The maximum atomic E-state index is 12.1. The fourth-order valence-electron chi connectivity index (χ4n) is 2.71. The fraction of sp³-hybridized carbons (Fsp3) is 0.875. The van der Waals surface area contributed by atoms with Gasteiger partial charge < -0.3 is 19.7 Å². The van der Waals surface area contributed by atoms with E-state index in [0.717, 1.165) is 39.1 Å². The molecule has 0 aliphatic carbocycles. The molecule has 2 saturated heterocycles. The number of hydrogen-bond acceptors (Lipinski definition) is 4. The van der Waals surface area contributed by atoms with Gasteiger partial charge in [0.25, 0.3) is 0 Å². The van der Waals surface area contributed by atoms with Crippen LogP contribution in [-0.4, -0.2) is 55.3 Å². The first-order valence-electron chi connectivity index (χ1n) is 8.16. The number of nitrogens with one attached hydrogen (secondary N) is 1. The lowest BCUT2D eigenvalue weighted by Crippen LogP contribution is -2.44. The normalized spacial score (nSPS) is 20.4. The number of rotatable bonds is 4. The zero-order valence-electron chi connectivity index (χ0n) is 13.9. The predicted molar refractivity (Wildman–Crippen MR) is 82.5 cm³/mol. The van der Waals surface area contributed by atoms with E-state index in [1.165, 1.54) is 0 Å². The molecule has 126 valence electrons. The molecule has 0 aromatic carbocycles. The van der Waals surface area contributed by atoms with Crippen LogP contribution in [0.15, 0.2) is 0 Å². The molecule has 0 saturated carbocycles. The molecule has 2 aliphatic rings. The fourth-order valence-corrected chi connectivity index (χ4v) is 2.71. The molecule has 2 rings (SSSR count). The van der Waals surface area contributed by atoms with Crippen molar-refractivity contribution in [2.24, 2.45) is 11.8 Å². The van der Waals surface area contributed by atoms with Gasteiger partial charge in [-0.2, -0.15) is 0 Å². The summed E-state index contributed by atoms with van der Waals surface area (Å²) < 4.78 is 10.3. The average Bonchev–Trinajstić information content (AvgIpc) is 2.39. The van der Waals surface area contributed by atoms with Crippen LogP contribution in [-0.2, 0) is 14.3 Å². The molecule has 6 heteroatoms. The van der Waals surface area contributed by atoms with E-state index in [-0.39, 0.29) is 12.0 Å². The van der Waals surface area contributed by atoms with E-state index in [9.17, 15) is 9.59 Å². The van der Waals surface area contributed by atoms with Crippen LogP contribution in [0.5, 0.6) is 0 Å². The van der Waals surface area contributed by atoms with Crippen molar-refractivity contribution in [1.82, 2.24) is 10.2 Å². The maximum absolute atomic E-state index is 12.1. The van der Waals surface area contributed by atoms with Gasteiger partial charge in [-0.3, -0.25) is 4.79 Å². The van der Waals surface area contributed by atoms with Crippen molar-refractivity contribution in [2.75, 3.05) is 32.8 Å². The summed E-state index contributed by atoms with van der Waals surface area (Å²) in [5.74, 6) is 1.08. The largest absolute Gasteiger partial charge is 0.444 e. The Morgan fingerprint density at radius 3 is 2.32 bits per heavy atom. The molecule has 2 amide bonds. The molecule has 2 fully saturated rings. The van der Waals surface area contributed by atoms with Gasteiger partial charge in [-0.05, 0) is 39.5 Å². The van der Waals surface area contributed by atoms with Crippen LogP contribution in [0.2, 0.25) is 0 Å². The summed E-state index contributed by atoms with van der Waals surface area (Å²) in [6, 6.07) is 0. The SMILES string of the molecule is CC(C)(C)OC(=O)NCC1CCN(C(=O)CC2COC2)CC1. The summed E-state index contributed by atoms with van der Waals surface area (Å²) in [6.07, 6.45) is 2.11. The van der Waals surface area contributed by atoms with Crippen molar-refractivity contribution < 1.29 is 19.1 Å². The number of alkyl carbamates (subject to hydrolysis) is 1. The van der Waals surface area contributed by atoms with Crippen LogP contribution in [0.3, 0.4) is 0 Å². The van der Waals surface area contributed by atoms with Crippen molar-refractivity contribution in [2.45, 2.75) is 45.6 Å². The molecule has 2 aliphatic heterocycles. The standard InChI is InChI=1S/C16H28N2O4/c1-16(2,3)22-15(20)17-9-12-4-6-18(7-5-12)14(19)8-13-10-21-11-13/h12-13H,4-11H2,1-3H3,(H,17,20). The Morgan fingerprint density at radius 2 is 1.82 bits per heavy atom. The minimum absolute atomic E-state index is 0.242. The highest BCUT2D eigenvalue weighted by Crippen LogP contribution is 2.20. The van der Waals surface area contributed by atoms with Crippen LogP contribution in [0.25, 0.3) is 0 Å². The molecule has 0 bridgehead atoms. The maximum Gasteiger partial charge on any atom is 0.407 e. The van der Waals surface area contributed by atoms with Gasteiger partial charge >= 0.3 is 6.09 Å². The lowest BCUT2D eigenvalue weighted by molar-refractivity contribution is -0.138. The lowest BCUT2D eigenvalue weighted by atomic mass is 9.95. The smallest absolute Gasteiger partial charge is 0.407 e. The Balaban J connectivity index is 1.62. The van der Waals surface area contributed by atoms with Gasteiger partial charge in [-0.15, -0.1) is 0 Å². The van der Waals surface area contributed by atoms with Crippen molar-refractivity contribution >= 4 is 12.0 Å². The Bertz CT molecular complexity index is 393. The Morgan fingerprint density at radius 1 is 1.18 bits per heavy atom. The summed E-state index contributed by atoms with van der Waals surface area (Å²) in [7, 11) is 0. The highest BCUT2D eigenvalue weighted by molar-refractivity contribution is 5.76. The molecule has 6 nitrogen and oxygen atoms in total. The van der Waals surface area contributed by atoms with E-state index in [1.54, 1.807) is 0 Å².